The monoisotopic (exact) mass is 328 g/mol. The van der Waals surface area contributed by atoms with Crippen LogP contribution in [0.1, 0.15) is 24.0 Å². The molecule has 0 bridgehead atoms. The summed E-state index contributed by atoms with van der Waals surface area (Å²) in [5.74, 6) is 0.119. The van der Waals surface area contributed by atoms with E-state index in [4.69, 9.17) is 0 Å². The van der Waals surface area contributed by atoms with E-state index >= 15 is 0 Å². The molecule has 1 aromatic rings. The highest BCUT2D eigenvalue weighted by Crippen LogP contribution is 2.25. The summed E-state index contributed by atoms with van der Waals surface area (Å²) in [5, 5.41) is 6.50. The van der Waals surface area contributed by atoms with Gasteiger partial charge >= 0.3 is 0 Å². The molecule has 24 heavy (non-hydrogen) atoms. The summed E-state index contributed by atoms with van der Waals surface area (Å²) in [7, 11) is 0. The third-order valence-electron chi connectivity index (χ3n) is 5.66. The summed E-state index contributed by atoms with van der Waals surface area (Å²) in [6, 6.07) is 7.01. The van der Waals surface area contributed by atoms with Crippen LogP contribution in [-0.2, 0) is 17.6 Å². The van der Waals surface area contributed by atoms with Crippen LogP contribution in [0.25, 0.3) is 0 Å². The van der Waals surface area contributed by atoms with Gasteiger partial charge in [0.2, 0.25) is 5.91 Å². The minimum atomic E-state index is 0.119. The summed E-state index contributed by atoms with van der Waals surface area (Å²) in [5.41, 5.74) is 3.82. The molecule has 3 aliphatic rings. The first-order valence-corrected chi connectivity index (χ1v) is 9.37. The molecule has 2 fully saturated rings. The number of nitrogens with zero attached hydrogens (tertiary/aromatic N) is 2. The number of fused-ring (bicyclic) bond motifs is 1. The largest absolute Gasteiger partial charge is 0.325 e. The lowest BCUT2D eigenvalue weighted by Gasteiger charge is -2.32. The van der Waals surface area contributed by atoms with Gasteiger partial charge in [0.15, 0.2) is 0 Å². The lowest BCUT2D eigenvalue weighted by Crippen LogP contribution is -2.49. The van der Waals surface area contributed by atoms with Crippen molar-refractivity contribution in [2.45, 2.75) is 31.7 Å². The minimum absolute atomic E-state index is 0.119. The number of piperazine rings is 1. The highest BCUT2D eigenvalue weighted by atomic mass is 16.2. The van der Waals surface area contributed by atoms with Crippen molar-refractivity contribution in [3.8, 4) is 0 Å². The molecule has 2 saturated heterocycles. The fraction of sp³-hybridized carbons (Fsp3) is 0.632. The Hall–Kier alpha value is -1.43. The van der Waals surface area contributed by atoms with Crippen molar-refractivity contribution < 1.29 is 4.79 Å². The third-order valence-corrected chi connectivity index (χ3v) is 5.66. The number of carbonyl (C=O) groups is 1. The number of hydrogen-bond donors (Lipinski definition) is 2. The first kappa shape index (κ1) is 16.1. The number of nitrogens with one attached hydrogen (secondary N) is 2. The molecular formula is C19H28N4O. The minimum Gasteiger partial charge on any atom is -0.325 e. The van der Waals surface area contributed by atoms with Gasteiger partial charge < -0.3 is 10.6 Å². The van der Waals surface area contributed by atoms with Gasteiger partial charge in [0.25, 0.3) is 0 Å². The molecular weight excluding hydrogens is 300 g/mol. The maximum absolute atomic E-state index is 12.4. The summed E-state index contributed by atoms with van der Waals surface area (Å²) in [4.78, 5) is 17.3. The molecule has 1 aliphatic carbocycles. The predicted molar refractivity (Wildman–Crippen MR) is 96.4 cm³/mol. The summed E-state index contributed by atoms with van der Waals surface area (Å²) in [6.45, 7) is 7.04. The lowest BCUT2D eigenvalue weighted by atomic mass is 10.1. The zero-order valence-electron chi connectivity index (χ0n) is 14.4. The normalized spacial score (nSPS) is 24.9. The molecule has 1 amide bonds. The van der Waals surface area contributed by atoms with Gasteiger partial charge in [0, 0.05) is 51.0 Å². The second-order valence-electron chi connectivity index (χ2n) is 7.35. The third kappa shape index (κ3) is 3.63. The Kier molecular flexibility index (Phi) is 4.83. The standard InChI is InChI=1S/C19H28N4O/c24-19(21-17-5-4-15-2-1-3-16(15)12-17)14-22-9-6-18(13-22)23-10-7-20-8-11-23/h4-5,12,18,20H,1-3,6-11,13-14H2,(H,21,24). The maximum Gasteiger partial charge on any atom is 0.238 e. The fourth-order valence-electron chi connectivity index (χ4n) is 4.35. The number of hydrogen-bond acceptors (Lipinski definition) is 4. The van der Waals surface area contributed by atoms with Crippen molar-refractivity contribution in [2.75, 3.05) is 51.1 Å². The Morgan fingerprint density at radius 3 is 2.88 bits per heavy atom. The Morgan fingerprint density at radius 1 is 1.17 bits per heavy atom. The zero-order chi connectivity index (χ0) is 16.4. The molecule has 2 N–H and O–H groups in total. The molecule has 4 rings (SSSR count). The van der Waals surface area contributed by atoms with Gasteiger partial charge in [-0.05, 0) is 48.9 Å². The van der Waals surface area contributed by atoms with E-state index in [1.807, 2.05) is 0 Å². The fourth-order valence-corrected chi connectivity index (χ4v) is 4.35. The molecule has 1 unspecified atom stereocenters. The van der Waals surface area contributed by atoms with Crippen LogP contribution >= 0.6 is 0 Å². The topological polar surface area (TPSA) is 47.6 Å². The molecule has 0 aromatic heterocycles. The number of anilines is 1. The molecule has 0 saturated carbocycles. The van der Waals surface area contributed by atoms with Crippen molar-refractivity contribution in [1.82, 2.24) is 15.1 Å². The van der Waals surface area contributed by atoms with Crippen LogP contribution in [0.5, 0.6) is 0 Å². The molecule has 1 aromatic carbocycles. The molecule has 0 radical (unpaired) electrons. The molecule has 1 atom stereocenters. The van der Waals surface area contributed by atoms with Gasteiger partial charge in [-0.3, -0.25) is 14.6 Å². The SMILES string of the molecule is O=C(CN1CCC(N2CCNCC2)C1)Nc1ccc2c(c1)CCC2. The van der Waals surface area contributed by atoms with Crippen molar-refractivity contribution >= 4 is 11.6 Å². The first-order valence-electron chi connectivity index (χ1n) is 9.37. The van der Waals surface area contributed by atoms with E-state index in [0.717, 1.165) is 51.4 Å². The van der Waals surface area contributed by atoms with E-state index in [1.165, 1.54) is 30.4 Å². The van der Waals surface area contributed by atoms with E-state index in [9.17, 15) is 4.79 Å². The lowest BCUT2D eigenvalue weighted by molar-refractivity contribution is -0.117. The first-order chi connectivity index (χ1) is 11.8. The van der Waals surface area contributed by atoms with E-state index < -0.39 is 0 Å². The Bertz CT molecular complexity index is 597. The molecule has 5 nitrogen and oxygen atoms in total. The number of aryl methyl sites for hydroxylation is 2. The second kappa shape index (κ2) is 7.21. The van der Waals surface area contributed by atoms with E-state index in [2.05, 4.69) is 38.6 Å². The Balaban J connectivity index is 1.27. The summed E-state index contributed by atoms with van der Waals surface area (Å²) >= 11 is 0. The molecule has 0 spiro atoms. The van der Waals surface area contributed by atoms with Gasteiger partial charge in [-0.25, -0.2) is 0 Å². The van der Waals surface area contributed by atoms with Crippen molar-refractivity contribution in [1.29, 1.82) is 0 Å². The highest BCUT2D eigenvalue weighted by molar-refractivity contribution is 5.92. The number of rotatable bonds is 4. The van der Waals surface area contributed by atoms with E-state index in [-0.39, 0.29) is 5.91 Å². The van der Waals surface area contributed by atoms with Crippen LogP contribution in [0.3, 0.4) is 0 Å². The average Bonchev–Trinajstić information content (AvgIpc) is 3.24. The average molecular weight is 328 g/mol. The Morgan fingerprint density at radius 2 is 2.00 bits per heavy atom. The van der Waals surface area contributed by atoms with Crippen LogP contribution in [0.2, 0.25) is 0 Å². The Labute approximate surface area is 144 Å². The van der Waals surface area contributed by atoms with Crippen molar-refractivity contribution in [3.63, 3.8) is 0 Å². The summed E-state index contributed by atoms with van der Waals surface area (Å²) < 4.78 is 0. The van der Waals surface area contributed by atoms with Crippen LogP contribution < -0.4 is 10.6 Å². The maximum atomic E-state index is 12.4. The summed E-state index contributed by atoms with van der Waals surface area (Å²) in [6.07, 6.45) is 4.77. The quantitative estimate of drug-likeness (QED) is 0.869. The zero-order valence-corrected chi connectivity index (χ0v) is 14.4. The van der Waals surface area contributed by atoms with E-state index in [0.29, 0.717) is 12.6 Å². The molecule has 130 valence electrons. The van der Waals surface area contributed by atoms with Gasteiger partial charge in [-0.2, -0.15) is 0 Å². The smallest absolute Gasteiger partial charge is 0.238 e. The van der Waals surface area contributed by atoms with Crippen LogP contribution in [0.4, 0.5) is 5.69 Å². The van der Waals surface area contributed by atoms with E-state index in [1.54, 1.807) is 0 Å². The number of carbonyl (C=O) groups excluding carboxylic acids is 1. The van der Waals surface area contributed by atoms with Crippen LogP contribution in [-0.4, -0.2) is 67.6 Å². The predicted octanol–water partition coefficient (Wildman–Crippen LogP) is 1.09. The number of benzene rings is 1. The molecule has 5 heteroatoms. The van der Waals surface area contributed by atoms with Gasteiger partial charge in [-0.15, -0.1) is 0 Å². The molecule has 2 heterocycles. The molecule has 2 aliphatic heterocycles. The highest BCUT2D eigenvalue weighted by Gasteiger charge is 2.29. The van der Waals surface area contributed by atoms with Crippen molar-refractivity contribution in [2.24, 2.45) is 0 Å². The van der Waals surface area contributed by atoms with Gasteiger partial charge in [-0.1, -0.05) is 6.07 Å². The number of likely N-dealkylation sites (tertiary alicyclic amines) is 1. The van der Waals surface area contributed by atoms with Crippen LogP contribution in [0.15, 0.2) is 18.2 Å². The van der Waals surface area contributed by atoms with Crippen molar-refractivity contribution in [3.05, 3.63) is 29.3 Å². The second-order valence-corrected chi connectivity index (χ2v) is 7.35. The van der Waals surface area contributed by atoms with Gasteiger partial charge in [0.1, 0.15) is 0 Å². The van der Waals surface area contributed by atoms with Gasteiger partial charge in [0.05, 0.1) is 6.54 Å². The number of amides is 1. The van der Waals surface area contributed by atoms with Crippen LogP contribution in [0, 0.1) is 0 Å².